The molecule has 0 amide bonds. The molecule has 1 fully saturated rings. The third kappa shape index (κ3) is 10.5. The van der Waals surface area contributed by atoms with E-state index >= 15 is 0 Å². The van der Waals surface area contributed by atoms with Crippen LogP contribution in [-0.4, -0.2) is 13.1 Å². The second-order valence-electron chi connectivity index (χ2n) is 8.52. The molecule has 0 radical (unpaired) electrons. The van der Waals surface area contributed by atoms with E-state index in [0.717, 1.165) is 18.2 Å². The summed E-state index contributed by atoms with van der Waals surface area (Å²) in [6.07, 6.45) is 8.95. The molecule has 0 saturated carbocycles. The third-order valence-electron chi connectivity index (χ3n) is 5.61. The first kappa shape index (κ1) is 28.0. The average molecular weight is 437 g/mol. The Morgan fingerprint density at radius 1 is 0.938 bits per heavy atom. The zero-order chi connectivity index (χ0) is 23.6. The van der Waals surface area contributed by atoms with Gasteiger partial charge in [0.25, 0.3) is 0 Å². The van der Waals surface area contributed by atoms with Crippen LogP contribution in [0.2, 0.25) is 0 Å². The molecule has 2 heterocycles. The molecule has 2 N–H and O–H groups in total. The molecule has 0 bridgehead atoms. The molecule has 178 valence electrons. The topological polar surface area (TPSA) is 24.1 Å². The zero-order valence-corrected chi connectivity index (χ0v) is 21.5. The molecule has 2 aliphatic heterocycles. The van der Waals surface area contributed by atoms with Crippen LogP contribution in [0, 0.1) is 5.92 Å². The van der Waals surface area contributed by atoms with E-state index in [-0.39, 0.29) is 0 Å². The molecular weight excluding hydrogens is 388 g/mol. The molecule has 32 heavy (non-hydrogen) atoms. The normalized spacial score (nSPS) is 16.2. The first-order chi connectivity index (χ1) is 15.7. The number of benzene rings is 2. The fraction of sp³-hybridized carbons (Fsp3) is 0.533. The number of nitrogens with one attached hydrogen (secondary N) is 2. The van der Waals surface area contributed by atoms with Gasteiger partial charge in [-0.15, -0.1) is 0 Å². The molecule has 2 heteroatoms. The summed E-state index contributed by atoms with van der Waals surface area (Å²) in [5.41, 5.74) is 6.72. The smallest absolute Gasteiger partial charge is 0.0407 e. The van der Waals surface area contributed by atoms with Gasteiger partial charge in [0.1, 0.15) is 0 Å². The van der Waals surface area contributed by atoms with Gasteiger partial charge >= 0.3 is 0 Å². The van der Waals surface area contributed by atoms with Crippen LogP contribution in [-0.2, 0) is 19.4 Å². The molecule has 2 aliphatic rings. The number of piperidine rings is 1. The van der Waals surface area contributed by atoms with E-state index in [9.17, 15) is 0 Å². The van der Waals surface area contributed by atoms with Crippen LogP contribution in [0.25, 0.3) is 5.70 Å². The maximum atomic E-state index is 4.07. The van der Waals surface area contributed by atoms with E-state index in [1.807, 2.05) is 13.8 Å². The lowest BCUT2D eigenvalue weighted by Crippen LogP contribution is -2.29. The maximum Gasteiger partial charge on any atom is 0.0407 e. The van der Waals surface area contributed by atoms with Crippen molar-refractivity contribution in [2.75, 3.05) is 13.1 Å². The van der Waals surface area contributed by atoms with Gasteiger partial charge in [-0.2, -0.15) is 0 Å². The van der Waals surface area contributed by atoms with Crippen molar-refractivity contribution in [3.05, 3.63) is 77.4 Å². The molecule has 2 aromatic carbocycles. The summed E-state index contributed by atoms with van der Waals surface area (Å²) in [6, 6.07) is 17.4. The van der Waals surface area contributed by atoms with E-state index in [4.69, 9.17) is 0 Å². The largest absolute Gasteiger partial charge is 0.381 e. The van der Waals surface area contributed by atoms with Crippen LogP contribution in [0.3, 0.4) is 0 Å². The predicted octanol–water partition coefficient (Wildman–Crippen LogP) is 7.77. The van der Waals surface area contributed by atoms with Crippen molar-refractivity contribution in [2.45, 2.75) is 86.1 Å². The van der Waals surface area contributed by atoms with Crippen LogP contribution >= 0.6 is 0 Å². The lowest BCUT2D eigenvalue weighted by molar-refractivity contribution is 0.358. The van der Waals surface area contributed by atoms with Gasteiger partial charge in [0.05, 0.1) is 0 Å². The number of aryl methyl sites for hydroxylation is 2. The van der Waals surface area contributed by atoms with Gasteiger partial charge < -0.3 is 10.6 Å². The highest BCUT2D eigenvalue weighted by Gasteiger charge is 2.15. The standard InChI is InChI=1S/C16H22N2.C9H12.C3H8.C2H6/c1-12-16-9-13(6-7-15(16)11-18-12)4-5-14-3-2-8-17-10-14;1-2-6-9-7-4-3-5-8-9;1-3-2;1-2/h6-7,9,14,17-18H,1-5,8,10-11H2;3-5,7-8H,2,6H2,1H3;3H2,1-2H3;1-2H3. The quantitative estimate of drug-likeness (QED) is 0.500. The molecule has 0 spiro atoms. The number of hydrogen-bond acceptors (Lipinski definition) is 2. The van der Waals surface area contributed by atoms with Crippen LogP contribution in [0.5, 0.6) is 0 Å². The number of rotatable bonds is 5. The lowest BCUT2D eigenvalue weighted by atomic mass is 9.92. The fourth-order valence-corrected chi connectivity index (χ4v) is 3.99. The zero-order valence-electron chi connectivity index (χ0n) is 21.5. The Bertz CT molecular complexity index is 730. The Kier molecular flexibility index (Phi) is 15.3. The minimum absolute atomic E-state index is 0.869. The first-order valence-corrected chi connectivity index (χ1v) is 13.0. The lowest BCUT2D eigenvalue weighted by Gasteiger charge is -2.22. The molecule has 0 aliphatic carbocycles. The number of hydrogen-bond donors (Lipinski definition) is 2. The van der Waals surface area contributed by atoms with Crippen LogP contribution in [0.4, 0.5) is 0 Å². The van der Waals surface area contributed by atoms with Crippen LogP contribution in [0.15, 0.2) is 55.1 Å². The van der Waals surface area contributed by atoms with Crippen molar-refractivity contribution in [1.82, 2.24) is 10.6 Å². The molecule has 2 aromatic rings. The van der Waals surface area contributed by atoms with Gasteiger partial charge in [0, 0.05) is 17.8 Å². The SMILES string of the molecule is C=C1NCc2ccc(CCC3CCCNC3)cc21.CC.CCC.CCCc1ccccc1. The highest BCUT2D eigenvalue weighted by molar-refractivity contribution is 5.69. The molecule has 0 aromatic heterocycles. The monoisotopic (exact) mass is 436 g/mol. The molecule has 1 atom stereocenters. The summed E-state index contributed by atoms with van der Waals surface area (Å²) in [7, 11) is 0. The van der Waals surface area contributed by atoms with E-state index < -0.39 is 0 Å². The maximum absolute atomic E-state index is 4.07. The molecule has 1 unspecified atom stereocenters. The second-order valence-corrected chi connectivity index (χ2v) is 8.52. The summed E-state index contributed by atoms with van der Waals surface area (Å²) >= 11 is 0. The van der Waals surface area contributed by atoms with Crippen molar-refractivity contribution in [3.8, 4) is 0 Å². The van der Waals surface area contributed by atoms with Gasteiger partial charge in [0.2, 0.25) is 0 Å². The van der Waals surface area contributed by atoms with Crippen LogP contribution < -0.4 is 10.6 Å². The predicted molar refractivity (Wildman–Crippen MR) is 144 cm³/mol. The Labute approximate surface area is 198 Å². The van der Waals surface area contributed by atoms with Crippen molar-refractivity contribution in [3.63, 3.8) is 0 Å². The van der Waals surface area contributed by atoms with Gasteiger partial charge in [0.15, 0.2) is 0 Å². The summed E-state index contributed by atoms with van der Waals surface area (Å²) in [5.74, 6) is 0.869. The third-order valence-corrected chi connectivity index (χ3v) is 5.61. The van der Waals surface area contributed by atoms with Gasteiger partial charge in [-0.1, -0.05) is 96.5 Å². The Morgan fingerprint density at radius 2 is 1.66 bits per heavy atom. The number of fused-ring (bicyclic) bond motifs is 1. The second kappa shape index (κ2) is 17.5. The highest BCUT2D eigenvalue weighted by atomic mass is 14.9. The van der Waals surface area contributed by atoms with Gasteiger partial charge in [-0.05, 0) is 73.9 Å². The van der Waals surface area contributed by atoms with E-state index in [1.54, 1.807) is 0 Å². The Hall–Kier alpha value is -2.06. The van der Waals surface area contributed by atoms with Crippen molar-refractivity contribution >= 4 is 5.70 Å². The average Bonchev–Trinajstić information content (AvgIpc) is 3.22. The van der Waals surface area contributed by atoms with E-state index in [1.165, 1.54) is 80.3 Å². The molecule has 4 rings (SSSR count). The first-order valence-electron chi connectivity index (χ1n) is 13.0. The molecule has 2 nitrogen and oxygen atoms in total. The Morgan fingerprint density at radius 3 is 2.28 bits per heavy atom. The minimum Gasteiger partial charge on any atom is -0.381 e. The summed E-state index contributed by atoms with van der Waals surface area (Å²) in [5, 5.41) is 6.81. The van der Waals surface area contributed by atoms with E-state index in [2.05, 4.69) is 86.5 Å². The van der Waals surface area contributed by atoms with Crippen molar-refractivity contribution in [1.29, 1.82) is 0 Å². The fourth-order valence-electron chi connectivity index (χ4n) is 3.99. The summed E-state index contributed by atoms with van der Waals surface area (Å²) < 4.78 is 0. The highest BCUT2D eigenvalue weighted by Crippen LogP contribution is 2.25. The minimum atomic E-state index is 0.869. The molecular formula is C30H48N2. The molecule has 1 saturated heterocycles. The summed E-state index contributed by atoms with van der Waals surface area (Å²) in [4.78, 5) is 0. The van der Waals surface area contributed by atoms with Gasteiger partial charge in [-0.3, -0.25) is 0 Å². The Balaban J connectivity index is 0.000000308. The van der Waals surface area contributed by atoms with Gasteiger partial charge in [-0.25, -0.2) is 0 Å². The van der Waals surface area contributed by atoms with Crippen molar-refractivity contribution in [2.24, 2.45) is 5.92 Å². The van der Waals surface area contributed by atoms with Crippen LogP contribution in [0.1, 0.15) is 89.0 Å². The van der Waals surface area contributed by atoms with Crippen molar-refractivity contribution < 1.29 is 0 Å². The summed E-state index contributed by atoms with van der Waals surface area (Å²) in [6.45, 7) is 17.9. The van der Waals surface area contributed by atoms with E-state index in [0.29, 0.717) is 0 Å².